The number of nitrogens with zero attached hydrogens (tertiary/aromatic N) is 1. The summed E-state index contributed by atoms with van der Waals surface area (Å²) in [6, 6.07) is 10.2. The standard InChI is InChI=1S/C20H16ClNO6/c1-2-3-6-14-18(13-7-4-5-8-17(13)27-19(14)23)28-20(24)15-11-12(22(25)26)9-10-16(15)21/h4-5,7-11H,2-3,6H2,1H3. The summed E-state index contributed by atoms with van der Waals surface area (Å²) in [6.45, 7) is 1.97. The van der Waals surface area contributed by atoms with Crippen LogP contribution in [0.2, 0.25) is 5.02 Å². The second-order valence-electron chi connectivity index (χ2n) is 6.11. The Kier molecular flexibility index (Phi) is 5.75. The highest BCUT2D eigenvalue weighted by Crippen LogP contribution is 2.31. The van der Waals surface area contributed by atoms with Crippen LogP contribution in [0.4, 0.5) is 5.69 Å². The molecule has 0 bridgehead atoms. The van der Waals surface area contributed by atoms with Crippen LogP contribution in [0.5, 0.6) is 5.75 Å². The smallest absolute Gasteiger partial charge is 0.345 e. The maximum absolute atomic E-state index is 12.7. The maximum Gasteiger partial charge on any atom is 0.345 e. The molecule has 144 valence electrons. The lowest BCUT2D eigenvalue weighted by molar-refractivity contribution is -0.384. The van der Waals surface area contributed by atoms with Crippen LogP contribution >= 0.6 is 11.6 Å². The number of carbonyl (C=O) groups excluding carboxylic acids is 1. The van der Waals surface area contributed by atoms with E-state index in [1.165, 1.54) is 12.1 Å². The fraction of sp³-hybridized carbons (Fsp3) is 0.200. The van der Waals surface area contributed by atoms with E-state index < -0.39 is 16.5 Å². The van der Waals surface area contributed by atoms with Gasteiger partial charge in [-0.1, -0.05) is 37.1 Å². The van der Waals surface area contributed by atoms with Crippen molar-refractivity contribution in [1.29, 1.82) is 0 Å². The van der Waals surface area contributed by atoms with Gasteiger partial charge in [-0.25, -0.2) is 9.59 Å². The average molecular weight is 402 g/mol. The Morgan fingerprint density at radius 2 is 2.00 bits per heavy atom. The number of hydrogen-bond donors (Lipinski definition) is 0. The highest BCUT2D eigenvalue weighted by molar-refractivity contribution is 6.33. The number of halogens is 1. The summed E-state index contributed by atoms with van der Waals surface area (Å²) in [6.07, 6.45) is 1.90. The minimum absolute atomic E-state index is 0.0120. The molecule has 0 spiro atoms. The van der Waals surface area contributed by atoms with Crippen LogP contribution in [-0.2, 0) is 6.42 Å². The molecule has 7 nitrogen and oxygen atoms in total. The number of fused-ring (bicyclic) bond motifs is 1. The first kappa shape index (κ1) is 19.6. The number of para-hydroxylation sites is 1. The van der Waals surface area contributed by atoms with Crippen LogP contribution in [0, 0.1) is 10.1 Å². The topological polar surface area (TPSA) is 99.7 Å². The third-order valence-corrected chi connectivity index (χ3v) is 4.54. The molecule has 2 aromatic carbocycles. The first-order valence-electron chi connectivity index (χ1n) is 8.63. The Morgan fingerprint density at radius 1 is 1.25 bits per heavy atom. The second-order valence-corrected chi connectivity index (χ2v) is 6.51. The van der Waals surface area contributed by atoms with E-state index in [0.29, 0.717) is 18.2 Å². The highest BCUT2D eigenvalue weighted by Gasteiger charge is 2.22. The molecule has 0 aliphatic rings. The number of esters is 1. The Labute approximate surface area is 164 Å². The van der Waals surface area contributed by atoms with E-state index in [4.69, 9.17) is 20.8 Å². The third kappa shape index (κ3) is 3.89. The molecule has 0 aliphatic carbocycles. The van der Waals surface area contributed by atoms with Gasteiger partial charge in [-0.05, 0) is 31.0 Å². The summed E-state index contributed by atoms with van der Waals surface area (Å²) in [4.78, 5) is 35.5. The molecular weight excluding hydrogens is 386 g/mol. The summed E-state index contributed by atoms with van der Waals surface area (Å²) in [5.74, 6) is -0.796. The Balaban J connectivity index is 2.11. The summed E-state index contributed by atoms with van der Waals surface area (Å²) < 4.78 is 10.9. The van der Waals surface area contributed by atoms with Gasteiger partial charge in [0.1, 0.15) is 5.58 Å². The summed E-state index contributed by atoms with van der Waals surface area (Å²) >= 11 is 6.03. The van der Waals surface area contributed by atoms with Crippen molar-refractivity contribution in [3.8, 4) is 5.75 Å². The van der Waals surface area contributed by atoms with Gasteiger partial charge in [0.25, 0.3) is 5.69 Å². The van der Waals surface area contributed by atoms with Crippen molar-refractivity contribution in [3.63, 3.8) is 0 Å². The van der Waals surface area contributed by atoms with Gasteiger partial charge < -0.3 is 9.15 Å². The SMILES string of the molecule is CCCCc1c(OC(=O)c2cc([N+](=O)[O-])ccc2Cl)c2ccccc2oc1=O. The molecule has 0 amide bonds. The minimum atomic E-state index is -0.887. The Bertz CT molecular complexity index is 1120. The molecule has 0 unspecified atom stereocenters. The molecule has 0 radical (unpaired) electrons. The molecular formula is C20H16ClNO6. The quantitative estimate of drug-likeness (QED) is 0.251. The number of non-ortho nitro benzene ring substituents is 1. The molecule has 1 aromatic heterocycles. The lowest BCUT2D eigenvalue weighted by Crippen LogP contribution is -2.16. The van der Waals surface area contributed by atoms with Gasteiger partial charge >= 0.3 is 11.6 Å². The predicted molar refractivity (Wildman–Crippen MR) is 104 cm³/mol. The van der Waals surface area contributed by atoms with E-state index in [1.54, 1.807) is 24.3 Å². The summed E-state index contributed by atoms with van der Waals surface area (Å²) in [5, 5.41) is 11.5. The number of benzene rings is 2. The van der Waals surface area contributed by atoms with Gasteiger partial charge in [0.15, 0.2) is 5.75 Å². The monoisotopic (exact) mass is 401 g/mol. The van der Waals surface area contributed by atoms with E-state index in [0.717, 1.165) is 12.5 Å². The fourth-order valence-corrected chi connectivity index (χ4v) is 2.97. The van der Waals surface area contributed by atoms with Gasteiger partial charge in [0.2, 0.25) is 0 Å². The van der Waals surface area contributed by atoms with Crippen molar-refractivity contribution in [2.45, 2.75) is 26.2 Å². The normalized spacial score (nSPS) is 10.8. The number of carbonyl (C=O) groups is 1. The lowest BCUT2D eigenvalue weighted by atomic mass is 10.1. The van der Waals surface area contributed by atoms with Gasteiger partial charge in [0, 0.05) is 12.1 Å². The van der Waals surface area contributed by atoms with Gasteiger partial charge in [-0.2, -0.15) is 0 Å². The van der Waals surface area contributed by atoms with E-state index in [1.807, 2.05) is 6.92 Å². The van der Waals surface area contributed by atoms with E-state index >= 15 is 0 Å². The molecule has 0 aliphatic heterocycles. The molecule has 0 N–H and O–H groups in total. The Morgan fingerprint density at radius 3 is 2.71 bits per heavy atom. The molecule has 1 heterocycles. The Hall–Kier alpha value is -3.19. The van der Waals surface area contributed by atoms with Crippen molar-refractivity contribution in [1.82, 2.24) is 0 Å². The maximum atomic E-state index is 12.7. The summed E-state index contributed by atoms with van der Waals surface area (Å²) in [7, 11) is 0. The van der Waals surface area contributed by atoms with Crippen molar-refractivity contribution >= 4 is 34.2 Å². The van der Waals surface area contributed by atoms with Crippen LogP contribution in [0.1, 0.15) is 35.7 Å². The number of unbranched alkanes of at least 4 members (excludes halogenated alkanes) is 1. The lowest BCUT2D eigenvalue weighted by Gasteiger charge is -2.12. The number of nitro groups is 1. The van der Waals surface area contributed by atoms with Crippen molar-refractivity contribution in [3.05, 3.63) is 79.1 Å². The van der Waals surface area contributed by atoms with E-state index in [2.05, 4.69) is 0 Å². The first-order chi connectivity index (χ1) is 13.4. The van der Waals surface area contributed by atoms with Crippen LogP contribution in [0.3, 0.4) is 0 Å². The molecule has 0 saturated carbocycles. The van der Waals surface area contributed by atoms with Gasteiger partial charge in [0.05, 0.1) is 26.5 Å². The predicted octanol–water partition coefficient (Wildman–Crippen LogP) is 4.92. The minimum Gasteiger partial charge on any atom is -0.422 e. The van der Waals surface area contributed by atoms with E-state index in [-0.39, 0.29) is 33.2 Å². The number of nitro benzene ring substituents is 1. The second kappa shape index (κ2) is 8.22. The zero-order valence-corrected chi connectivity index (χ0v) is 15.7. The molecule has 28 heavy (non-hydrogen) atoms. The van der Waals surface area contributed by atoms with E-state index in [9.17, 15) is 19.7 Å². The summed E-state index contributed by atoms with van der Waals surface area (Å²) in [5.41, 5.74) is -0.508. The highest BCUT2D eigenvalue weighted by atomic mass is 35.5. The van der Waals surface area contributed by atoms with Crippen LogP contribution in [-0.4, -0.2) is 10.9 Å². The van der Waals surface area contributed by atoms with Crippen molar-refractivity contribution < 1.29 is 18.9 Å². The zero-order valence-electron chi connectivity index (χ0n) is 14.9. The van der Waals surface area contributed by atoms with Crippen molar-refractivity contribution in [2.75, 3.05) is 0 Å². The molecule has 0 atom stereocenters. The molecule has 3 aromatic rings. The van der Waals surface area contributed by atoms with Gasteiger partial charge in [-0.3, -0.25) is 10.1 Å². The fourth-order valence-electron chi connectivity index (χ4n) is 2.78. The van der Waals surface area contributed by atoms with Gasteiger partial charge in [-0.15, -0.1) is 0 Å². The van der Waals surface area contributed by atoms with Crippen molar-refractivity contribution in [2.24, 2.45) is 0 Å². The zero-order chi connectivity index (χ0) is 20.3. The molecule has 0 fully saturated rings. The third-order valence-electron chi connectivity index (χ3n) is 4.21. The molecule has 0 saturated heterocycles. The first-order valence-corrected chi connectivity index (χ1v) is 9.01. The largest absolute Gasteiger partial charge is 0.422 e. The number of rotatable bonds is 6. The number of hydrogen-bond acceptors (Lipinski definition) is 6. The number of ether oxygens (including phenoxy) is 1. The van der Waals surface area contributed by atoms with Crippen LogP contribution in [0.15, 0.2) is 51.7 Å². The average Bonchev–Trinajstić information content (AvgIpc) is 2.67. The molecule has 8 heteroatoms. The molecule has 3 rings (SSSR count). The van der Waals surface area contributed by atoms with Crippen LogP contribution in [0.25, 0.3) is 11.0 Å². The van der Waals surface area contributed by atoms with Crippen LogP contribution < -0.4 is 10.4 Å².